The number of carbonyl (C=O) groups is 2. The van der Waals surface area contributed by atoms with Gasteiger partial charge in [-0.25, -0.2) is 4.39 Å². The Morgan fingerprint density at radius 3 is 2.33 bits per heavy atom. The minimum atomic E-state index is -0.370. The minimum absolute atomic E-state index is 0.0820. The molecule has 1 aromatic rings. The van der Waals surface area contributed by atoms with Gasteiger partial charge in [0.25, 0.3) is 5.91 Å². The zero-order valence-electron chi connectivity index (χ0n) is 13.7. The normalized spacial score (nSPS) is 22.5. The molecule has 2 aliphatic heterocycles. The molecule has 2 saturated heterocycles. The maximum atomic E-state index is 13.0. The second-order valence-electron chi connectivity index (χ2n) is 6.65. The molecule has 0 saturated carbocycles. The Morgan fingerprint density at radius 2 is 1.67 bits per heavy atom. The summed E-state index contributed by atoms with van der Waals surface area (Å²) in [4.78, 5) is 28.7. The van der Waals surface area contributed by atoms with Crippen LogP contribution in [0, 0.1) is 11.7 Å². The first-order chi connectivity index (χ1) is 11.5. The highest BCUT2D eigenvalue weighted by molar-refractivity contribution is 5.94. The lowest BCUT2D eigenvalue weighted by molar-refractivity contribution is -0.139. The largest absolute Gasteiger partial charge is 0.393 e. The summed E-state index contributed by atoms with van der Waals surface area (Å²) < 4.78 is 13.0. The SMILES string of the molecule is O=C(c1ccc(F)cc1)N1CCCC(C(=O)N2CCC(O)CC2)C1. The van der Waals surface area contributed by atoms with E-state index < -0.39 is 0 Å². The summed E-state index contributed by atoms with van der Waals surface area (Å²) in [6.07, 6.45) is 2.51. The predicted molar refractivity (Wildman–Crippen MR) is 86.8 cm³/mol. The van der Waals surface area contributed by atoms with Gasteiger partial charge >= 0.3 is 0 Å². The summed E-state index contributed by atoms with van der Waals surface area (Å²) in [5.41, 5.74) is 0.450. The first-order valence-corrected chi connectivity index (χ1v) is 8.56. The van der Waals surface area contributed by atoms with Crippen LogP contribution in [0.2, 0.25) is 0 Å². The molecule has 2 amide bonds. The van der Waals surface area contributed by atoms with Gasteiger partial charge < -0.3 is 14.9 Å². The lowest BCUT2D eigenvalue weighted by Crippen LogP contribution is -2.49. The van der Waals surface area contributed by atoms with Crippen molar-refractivity contribution in [3.8, 4) is 0 Å². The number of hydrogen-bond donors (Lipinski definition) is 1. The van der Waals surface area contributed by atoms with E-state index in [2.05, 4.69) is 0 Å². The third kappa shape index (κ3) is 3.75. The van der Waals surface area contributed by atoms with Crippen LogP contribution in [0.3, 0.4) is 0 Å². The maximum absolute atomic E-state index is 13.0. The van der Waals surface area contributed by atoms with Gasteiger partial charge in [0, 0.05) is 31.7 Å². The van der Waals surface area contributed by atoms with Gasteiger partial charge in [-0.3, -0.25) is 9.59 Å². The monoisotopic (exact) mass is 334 g/mol. The van der Waals surface area contributed by atoms with Crippen LogP contribution in [-0.2, 0) is 4.79 Å². The summed E-state index contributed by atoms with van der Waals surface area (Å²) in [6, 6.07) is 5.52. The van der Waals surface area contributed by atoms with Crippen LogP contribution in [0.15, 0.2) is 24.3 Å². The van der Waals surface area contributed by atoms with Crippen molar-refractivity contribution in [3.05, 3.63) is 35.6 Å². The van der Waals surface area contributed by atoms with Gasteiger partial charge in [0.05, 0.1) is 12.0 Å². The van der Waals surface area contributed by atoms with Crippen LogP contribution >= 0.6 is 0 Å². The van der Waals surface area contributed by atoms with Gasteiger partial charge in [0.1, 0.15) is 5.82 Å². The highest BCUT2D eigenvalue weighted by Crippen LogP contribution is 2.22. The fourth-order valence-electron chi connectivity index (χ4n) is 3.48. The molecule has 3 rings (SSSR count). The number of amides is 2. The summed E-state index contributed by atoms with van der Waals surface area (Å²) in [5.74, 6) is -0.621. The third-order valence-electron chi connectivity index (χ3n) is 4.93. The van der Waals surface area contributed by atoms with Crippen LogP contribution in [-0.4, -0.2) is 59.0 Å². The number of aliphatic hydroxyl groups is 1. The molecule has 0 bridgehead atoms. The van der Waals surface area contributed by atoms with Gasteiger partial charge in [-0.2, -0.15) is 0 Å². The molecule has 5 nitrogen and oxygen atoms in total. The molecule has 6 heteroatoms. The van der Waals surface area contributed by atoms with Crippen molar-refractivity contribution in [1.82, 2.24) is 9.80 Å². The van der Waals surface area contributed by atoms with E-state index in [1.165, 1.54) is 24.3 Å². The molecular formula is C18H23FN2O3. The zero-order valence-corrected chi connectivity index (χ0v) is 13.7. The molecule has 0 aromatic heterocycles. The predicted octanol–water partition coefficient (Wildman–Crippen LogP) is 1.66. The Bertz CT molecular complexity index is 597. The Hall–Kier alpha value is -1.95. The Labute approximate surface area is 141 Å². The molecule has 2 aliphatic rings. The van der Waals surface area contributed by atoms with Crippen LogP contribution in [0.4, 0.5) is 4.39 Å². The first-order valence-electron chi connectivity index (χ1n) is 8.56. The second-order valence-corrected chi connectivity index (χ2v) is 6.65. The number of aliphatic hydroxyl groups excluding tert-OH is 1. The van der Waals surface area contributed by atoms with Gasteiger partial charge in [-0.05, 0) is 49.9 Å². The van der Waals surface area contributed by atoms with Crippen LogP contribution in [0.1, 0.15) is 36.0 Å². The molecule has 0 spiro atoms. The van der Waals surface area contributed by atoms with Crippen LogP contribution < -0.4 is 0 Å². The lowest BCUT2D eigenvalue weighted by atomic mass is 9.94. The Balaban J connectivity index is 1.62. The summed E-state index contributed by atoms with van der Waals surface area (Å²) in [7, 11) is 0. The molecule has 1 N–H and O–H groups in total. The molecule has 0 radical (unpaired) electrons. The lowest BCUT2D eigenvalue weighted by Gasteiger charge is -2.37. The van der Waals surface area contributed by atoms with Crippen molar-refractivity contribution in [2.24, 2.45) is 5.92 Å². The molecule has 1 atom stereocenters. The van der Waals surface area contributed by atoms with Crippen molar-refractivity contribution in [1.29, 1.82) is 0 Å². The number of carbonyl (C=O) groups excluding carboxylic acids is 2. The highest BCUT2D eigenvalue weighted by Gasteiger charge is 2.32. The Morgan fingerprint density at radius 1 is 1.00 bits per heavy atom. The number of hydrogen-bond acceptors (Lipinski definition) is 3. The average molecular weight is 334 g/mol. The van der Waals surface area contributed by atoms with E-state index in [1.54, 1.807) is 4.90 Å². The maximum Gasteiger partial charge on any atom is 0.253 e. The third-order valence-corrected chi connectivity index (χ3v) is 4.93. The van der Waals surface area contributed by atoms with Crippen molar-refractivity contribution >= 4 is 11.8 Å². The molecule has 130 valence electrons. The van der Waals surface area contributed by atoms with Crippen molar-refractivity contribution in [3.63, 3.8) is 0 Å². The number of rotatable bonds is 2. The molecule has 2 heterocycles. The van der Waals surface area contributed by atoms with Gasteiger partial charge in [-0.1, -0.05) is 0 Å². The van der Waals surface area contributed by atoms with Crippen LogP contribution in [0.25, 0.3) is 0 Å². The van der Waals surface area contributed by atoms with Crippen LogP contribution in [0.5, 0.6) is 0 Å². The molecule has 1 unspecified atom stereocenters. The summed E-state index contributed by atoms with van der Waals surface area (Å²) in [6.45, 7) is 2.21. The standard InChI is InChI=1S/C18H23FN2O3/c19-15-5-3-13(4-6-15)17(23)21-9-1-2-14(12-21)18(24)20-10-7-16(22)8-11-20/h3-6,14,16,22H,1-2,7-12H2. The van der Waals surface area contributed by atoms with Crippen molar-refractivity contribution in [2.75, 3.05) is 26.2 Å². The fraction of sp³-hybridized carbons (Fsp3) is 0.556. The highest BCUT2D eigenvalue weighted by atomic mass is 19.1. The number of nitrogens with zero attached hydrogens (tertiary/aromatic N) is 2. The number of benzene rings is 1. The molecule has 0 aliphatic carbocycles. The fourth-order valence-corrected chi connectivity index (χ4v) is 3.48. The van der Waals surface area contributed by atoms with Crippen molar-refractivity contribution in [2.45, 2.75) is 31.8 Å². The second kappa shape index (κ2) is 7.30. The topological polar surface area (TPSA) is 60.9 Å². The van der Waals surface area contributed by atoms with Gasteiger partial charge in [-0.15, -0.1) is 0 Å². The quantitative estimate of drug-likeness (QED) is 0.895. The van der Waals surface area contributed by atoms with Gasteiger partial charge in [0.15, 0.2) is 0 Å². The van der Waals surface area contributed by atoms with E-state index in [9.17, 15) is 19.1 Å². The number of piperidine rings is 2. The minimum Gasteiger partial charge on any atom is -0.393 e. The summed E-state index contributed by atoms with van der Waals surface area (Å²) >= 11 is 0. The van der Waals surface area contributed by atoms with E-state index in [0.29, 0.717) is 44.6 Å². The van der Waals surface area contributed by atoms with E-state index in [-0.39, 0.29) is 29.7 Å². The molecule has 24 heavy (non-hydrogen) atoms. The smallest absolute Gasteiger partial charge is 0.253 e. The van der Waals surface area contributed by atoms with E-state index in [0.717, 1.165) is 12.8 Å². The van der Waals surface area contributed by atoms with E-state index in [4.69, 9.17) is 0 Å². The Kier molecular flexibility index (Phi) is 5.14. The van der Waals surface area contributed by atoms with Gasteiger partial charge in [0.2, 0.25) is 5.91 Å². The van der Waals surface area contributed by atoms with Crippen molar-refractivity contribution < 1.29 is 19.1 Å². The first kappa shape index (κ1) is 16.9. The van der Waals surface area contributed by atoms with E-state index in [1.807, 2.05) is 4.90 Å². The molecule has 2 fully saturated rings. The van der Waals surface area contributed by atoms with E-state index >= 15 is 0 Å². The number of halogens is 1. The summed E-state index contributed by atoms with van der Waals surface area (Å²) in [5, 5.41) is 9.56. The average Bonchev–Trinajstić information content (AvgIpc) is 2.62. The molecular weight excluding hydrogens is 311 g/mol. The molecule has 1 aromatic carbocycles. The number of likely N-dealkylation sites (tertiary alicyclic amines) is 2. The zero-order chi connectivity index (χ0) is 17.1.